The first-order chi connectivity index (χ1) is 9.95. The lowest BCUT2D eigenvalue weighted by Crippen LogP contribution is -2.13. The average Bonchev–Trinajstić information content (AvgIpc) is 2.71. The van der Waals surface area contributed by atoms with Crippen LogP contribution in [0.1, 0.15) is 23.9 Å². The van der Waals surface area contributed by atoms with Gasteiger partial charge in [-0.25, -0.2) is 0 Å². The van der Waals surface area contributed by atoms with Crippen molar-refractivity contribution in [2.75, 3.05) is 0 Å². The molecule has 7 heteroatoms. The Labute approximate surface area is 138 Å². The molecule has 21 heavy (non-hydrogen) atoms. The van der Waals surface area contributed by atoms with Gasteiger partial charge in [0.05, 0.1) is 27.0 Å². The summed E-state index contributed by atoms with van der Waals surface area (Å²) in [5.41, 5.74) is 7.82. The lowest BCUT2D eigenvalue weighted by molar-refractivity contribution is 0.292. The van der Waals surface area contributed by atoms with Gasteiger partial charge in [0.1, 0.15) is 17.3 Å². The Balaban J connectivity index is 2.29. The molecule has 0 aliphatic heterocycles. The SMILES string of the molecule is CCn1nc(C)c(Cl)c1COc1cccc(Cl)c1C(N)=S. The molecule has 1 aromatic heterocycles. The van der Waals surface area contributed by atoms with Crippen LogP contribution in [0.3, 0.4) is 0 Å². The Hall–Kier alpha value is -1.30. The van der Waals surface area contributed by atoms with Gasteiger partial charge >= 0.3 is 0 Å². The maximum absolute atomic E-state index is 6.25. The zero-order valence-corrected chi connectivity index (χ0v) is 14.0. The van der Waals surface area contributed by atoms with Gasteiger partial charge in [-0.2, -0.15) is 5.10 Å². The number of aromatic nitrogens is 2. The number of nitrogens with two attached hydrogens (primary N) is 1. The van der Waals surface area contributed by atoms with Crippen molar-refractivity contribution in [3.63, 3.8) is 0 Å². The number of benzene rings is 1. The maximum atomic E-state index is 6.25. The van der Waals surface area contributed by atoms with Crippen LogP contribution in [0.25, 0.3) is 0 Å². The van der Waals surface area contributed by atoms with E-state index >= 15 is 0 Å². The van der Waals surface area contributed by atoms with E-state index in [0.29, 0.717) is 27.9 Å². The number of ether oxygens (including phenoxy) is 1. The van der Waals surface area contributed by atoms with Crippen molar-refractivity contribution < 1.29 is 4.74 Å². The van der Waals surface area contributed by atoms with Crippen LogP contribution < -0.4 is 10.5 Å². The number of aryl methyl sites for hydroxylation is 2. The van der Waals surface area contributed by atoms with Crippen LogP contribution in [-0.2, 0) is 13.2 Å². The van der Waals surface area contributed by atoms with Crippen molar-refractivity contribution in [2.45, 2.75) is 27.0 Å². The van der Waals surface area contributed by atoms with Crippen molar-refractivity contribution in [3.05, 3.63) is 45.2 Å². The molecule has 112 valence electrons. The summed E-state index contributed by atoms with van der Waals surface area (Å²) in [7, 11) is 0. The Kier molecular flexibility index (Phi) is 5.08. The van der Waals surface area contributed by atoms with E-state index in [4.69, 9.17) is 45.9 Å². The second-order valence-electron chi connectivity index (χ2n) is 4.43. The van der Waals surface area contributed by atoms with E-state index in [1.807, 2.05) is 18.5 Å². The molecule has 0 spiro atoms. The third-order valence-electron chi connectivity index (χ3n) is 3.04. The van der Waals surface area contributed by atoms with Gasteiger partial charge in [-0.1, -0.05) is 41.5 Å². The Morgan fingerprint density at radius 2 is 2.14 bits per heavy atom. The van der Waals surface area contributed by atoms with Crippen LogP contribution in [0, 0.1) is 6.92 Å². The summed E-state index contributed by atoms with van der Waals surface area (Å²) in [6.45, 7) is 4.83. The lowest BCUT2D eigenvalue weighted by Gasteiger charge is -2.13. The Bertz CT molecular complexity index is 685. The van der Waals surface area contributed by atoms with Gasteiger partial charge in [-0.3, -0.25) is 4.68 Å². The fraction of sp³-hybridized carbons (Fsp3) is 0.286. The first-order valence-electron chi connectivity index (χ1n) is 6.38. The second-order valence-corrected chi connectivity index (χ2v) is 5.65. The van der Waals surface area contributed by atoms with Crippen LogP contribution in [0.5, 0.6) is 5.75 Å². The Morgan fingerprint density at radius 3 is 2.76 bits per heavy atom. The fourth-order valence-corrected chi connectivity index (χ4v) is 2.74. The summed E-state index contributed by atoms with van der Waals surface area (Å²) >= 11 is 17.4. The number of nitrogens with zero attached hydrogens (tertiary/aromatic N) is 2. The average molecular weight is 344 g/mol. The molecule has 0 atom stereocenters. The topological polar surface area (TPSA) is 53.1 Å². The van der Waals surface area contributed by atoms with E-state index in [2.05, 4.69) is 5.10 Å². The molecule has 0 fully saturated rings. The standard InChI is InChI=1S/C14H15Cl2N3OS/c1-3-19-10(13(16)8(2)18-19)7-20-11-6-4-5-9(15)12(11)14(17)21/h4-6H,3,7H2,1-2H3,(H2,17,21). The van der Waals surface area contributed by atoms with E-state index in [-0.39, 0.29) is 11.6 Å². The molecule has 0 unspecified atom stereocenters. The van der Waals surface area contributed by atoms with E-state index in [0.717, 1.165) is 11.4 Å². The minimum absolute atomic E-state index is 0.196. The van der Waals surface area contributed by atoms with Crippen molar-refractivity contribution in [2.24, 2.45) is 5.73 Å². The van der Waals surface area contributed by atoms with Gasteiger partial charge in [-0.15, -0.1) is 0 Å². The van der Waals surface area contributed by atoms with Crippen LogP contribution in [0.4, 0.5) is 0 Å². The molecule has 0 saturated carbocycles. The first kappa shape index (κ1) is 16.1. The van der Waals surface area contributed by atoms with E-state index in [1.54, 1.807) is 18.2 Å². The van der Waals surface area contributed by atoms with E-state index in [1.165, 1.54) is 0 Å². The summed E-state index contributed by atoms with van der Waals surface area (Å²) in [6, 6.07) is 5.27. The molecule has 0 radical (unpaired) electrons. The number of halogens is 2. The number of hydrogen-bond donors (Lipinski definition) is 1. The molecule has 2 aromatic rings. The quantitative estimate of drug-likeness (QED) is 0.840. The maximum Gasteiger partial charge on any atom is 0.131 e. The molecular formula is C14H15Cl2N3OS. The number of rotatable bonds is 5. The summed E-state index contributed by atoms with van der Waals surface area (Å²) in [5, 5.41) is 5.42. The lowest BCUT2D eigenvalue weighted by atomic mass is 10.2. The molecule has 0 aliphatic rings. The zero-order chi connectivity index (χ0) is 15.6. The molecular weight excluding hydrogens is 329 g/mol. The molecule has 2 rings (SSSR count). The molecule has 2 N–H and O–H groups in total. The normalized spacial score (nSPS) is 10.7. The minimum Gasteiger partial charge on any atom is -0.486 e. The minimum atomic E-state index is 0.196. The largest absolute Gasteiger partial charge is 0.486 e. The van der Waals surface area contributed by atoms with Crippen LogP contribution in [0.2, 0.25) is 10.0 Å². The van der Waals surface area contributed by atoms with Gasteiger partial charge in [0.15, 0.2) is 0 Å². The van der Waals surface area contributed by atoms with Gasteiger partial charge in [0, 0.05) is 6.54 Å². The summed E-state index contributed by atoms with van der Waals surface area (Å²) in [5.74, 6) is 0.535. The summed E-state index contributed by atoms with van der Waals surface area (Å²) < 4.78 is 7.61. The molecule has 1 heterocycles. The highest BCUT2D eigenvalue weighted by Crippen LogP contribution is 2.28. The predicted molar refractivity (Wildman–Crippen MR) is 89.3 cm³/mol. The third kappa shape index (κ3) is 3.31. The predicted octanol–water partition coefficient (Wildman–Crippen LogP) is 3.73. The highest BCUT2D eigenvalue weighted by atomic mass is 35.5. The fourth-order valence-electron chi connectivity index (χ4n) is 2.02. The number of thiocarbonyl (C=S) groups is 1. The van der Waals surface area contributed by atoms with Crippen LogP contribution in [-0.4, -0.2) is 14.8 Å². The molecule has 4 nitrogen and oxygen atoms in total. The smallest absolute Gasteiger partial charge is 0.131 e. The molecule has 1 aromatic carbocycles. The van der Waals surface area contributed by atoms with Crippen molar-refractivity contribution in [1.29, 1.82) is 0 Å². The van der Waals surface area contributed by atoms with Gasteiger partial charge in [0.25, 0.3) is 0 Å². The monoisotopic (exact) mass is 343 g/mol. The van der Waals surface area contributed by atoms with Gasteiger partial charge in [-0.05, 0) is 26.0 Å². The summed E-state index contributed by atoms with van der Waals surface area (Å²) in [6.07, 6.45) is 0. The molecule has 0 saturated heterocycles. The molecule has 0 bridgehead atoms. The number of hydrogen-bond acceptors (Lipinski definition) is 3. The Morgan fingerprint density at radius 1 is 1.43 bits per heavy atom. The molecule has 0 aliphatic carbocycles. The van der Waals surface area contributed by atoms with Gasteiger partial charge in [0.2, 0.25) is 0 Å². The van der Waals surface area contributed by atoms with E-state index < -0.39 is 0 Å². The van der Waals surface area contributed by atoms with E-state index in [9.17, 15) is 0 Å². The highest BCUT2D eigenvalue weighted by Gasteiger charge is 2.15. The molecule has 0 amide bonds. The second kappa shape index (κ2) is 6.64. The van der Waals surface area contributed by atoms with Crippen molar-refractivity contribution in [3.8, 4) is 5.75 Å². The van der Waals surface area contributed by atoms with Gasteiger partial charge < -0.3 is 10.5 Å². The van der Waals surface area contributed by atoms with Crippen LogP contribution in [0.15, 0.2) is 18.2 Å². The summed E-state index contributed by atoms with van der Waals surface area (Å²) in [4.78, 5) is 0.196. The first-order valence-corrected chi connectivity index (χ1v) is 7.55. The highest BCUT2D eigenvalue weighted by molar-refractivity contribution is 7.80. The zero-order valence-electron chi connectivity index (χ0n) is 11.7. The van der Waals surface area contributed by atoms with Crippen molar-refractivity contribution in [1.82, 2.24) is 9.78 Å². The van der Waals surface area contributed by atoms with Crippen molar-refractivity contribution >= 4 is 40.4 Å². The van der Waals surface area contributed by atoms with Crippen LogP contribution >= 0.6 is 35.4 Å². The third-order valence-corrected chi connectivity index (χ3v) is 4.05.